The number of aliphatic imine (C=N–C) groups is 1. The van der Waals surface area contributed by atoms with Crippen LogP contribution in [0, 0.1) is 0 Å². The first-order valence-electron chi connectivity index (χ1n) is 9.08. The molecule has 0 spiro atoms. The average Bonchev–Trinajstić information content (AvgIpc) is 2.99. The molecule has 0 saturated heterocycles. The highest BCUT2D eigenvalue weighted by atomic mass is 16.4. The summed E-state index contributed by atoms with van der Waals surface area (Å²) < 4.78 is 0. The van der Waals surface area contributed by atoms with Crippen molar-refractivity contribution in [1.29, 1.82) is 0 Å². The summed E-state index contributed by atoms with van der Waals surface area (Å²) in [6.07, 6.45) is 0. The number of nitrogens with zero attached hydrogens (tertiary/aromatic N) is 2. The smallest absolute Gasteiger partial charge is 0.336 e. The molecule has 1 amide bonds. The number of hydrogen-bond acceptors (Lipinski definition) is 4. The average molecular weight is 385 g/mol. The Kier molecular flexibility index (Phi) is 4.39. The van der Waals surface area contributed by atoms with Gasteiger partial charge in [0.15, 0.2) is 11.5 Å². The molecule has 0 saturated carbocycles. The third kappa shape index (κ3) is 2.77. The standard InChI is InChI=1S/C23H19N3O3/c1-26-21(29)23(25-22(26)24,16-11-6-3-7-12-16)19-17(15-9-4-2-5-10-15)13-8-14-18(19)20(27)28/h2-14H,1H3,(H2,24,25)(H,27,28). The Morgan fingerprint density at radius 2 is 1.59 bits per heavy atom. The lowest BCUT2D eigenvalue weighted by molar-refractivity contribution is -0.129. The summed E-state index contributed by atoms with van der Waals surface area (Å²) in [6.45, 7) is 0. The van der Waals surface area contributed by atoms with Crippen molar-refractivity contribution in [2.45, 2.75) is 5.54 Å². The molecular weight excluding hydrogens is 366 g/mol. The molecule has 3 N–H and O–H groups in total. The molecule has 144 valence electrons. The van der Waals surface area contributed by atoms with Gasteiger partial charge in [-0.15, -0.1) is 0 Å². The van der Waals surface area contributed by atoms with Crippen LogP contribution >= 0.6 is 0 Å². The number of carbonyl (C=O) groups excluding carboxylic acids is 1. The van der Waals surface area contributed by atoms with Crippen LogP contribution in [0.5, 0.6) is 0 Å². The lowest BCUT2D eigenvalue weighted by Crippen LogP contribution is -2.42. The van der Waals surface area contributed by atoms with Crippen LogP contribution in [0.2, 0.25) is 0 Å². The fourth-order valence-electron chi connectivity index (χ4n) is 3.79. The summed E-state index contributed by atoms with van der Waals surface area (Å²) >= 11 is 0. The molecule has 1 unspecified atom stereocenters. The highest BCUT2D eigenvalue weighted by Gasteiger charge is 2.52. The zero-order chi connectivity index (χ0) is 20.6. The predicted molar refractivity (Wildman–Crippen MR) is 110 cm³/mol. The minimum Gasteiger partial charge on any atom is -0.478 e. The van der Waals surface area contributed by atoms with E-state index in [0.29, 0.717) is 16.7 Å². The van der Waals surface area contributed by atoms with E-state index in [4.69, 9.17) is 5.73 Å². The number of aromatic carboxylic acids is 1. The Labute approximate surface area is 167 Å². The van der Waals surface area contributed by atoms with Crippen LogP contribution in [0.15, 0.2) is 83.9 Å². The van der Waals surface area contributed by atoms with Gasteiger partial charge in [0, 0.05) is 12.6 Å². The van der Waals surface area contributed by atoms with Gasteiger partial charge in [-0.3, -0.25) is 9.69 Å². The summed E-state index contributed by atoms with van der Waals surface area (Å²) in [5, 5.41) is 9.97. The second kappa shape index (κ2) is 6.91. The van der Waals surface area contributed by atoms with E-state index in [1.165, 1.54) is 18.0 Å². The minimum atomic E-state index is -1.58. The molecule has 3 aromatic carbocycles. The van der Waals surface area contributed by atoms with Gasteiger partial charge < -0.3 is 10.8 Å². The van der Waals surface area contributed by atoms with E-state index < -0.39 is 17.4 Å². The second-order valence-corrected chi connectivity index (χ2v) is 6.81. The number of amides is 1. The highest BCUT2D eigenvalue weighted by Crippen LogP contribution is 2.45. The maximum Gasteiger partial charge on any atom is 0.336 e. The number of rotatable bonds is 4. The predicted octanol–water partition coefficient (Wildman–Crippen LogP) is 3.08. The van der Waals surface area contributed by atoms with Crippen molar-refractivity contribution in [3.05, 3.63) is 95.6 Å². The molecule has 0 aromatic heterocycles. The third-order valence-corrected chi connectivity index (χ3v) is 5.17. The number of carboxylic acids is 1. The largest absolute Gasteiger partial charge is 0.478 e. The normalized spacial score (nSPS) is 18.6. The van der Waals surface area contributed by atoms with Crippen molar-refractivity contribution in [3.8, 4) is 11.1 Å². The van der Waals surface area contributed by atoms with E-state index >= 15 is 0 Å². The Morgan fingerprint density at radius 1 is 0.966 bits per heavy atom. The Morgan fingerprint density at radius 3 is 2.14 bits per heavy atom. The fourth-order valence-corrected chi connectivity index (χ4v) is 3.79. The topological polar surface area (TPSA) is 96.0 Å². The van der Waals surface area contributed by atoms with Crippen molar-refractivity contribution < 1.29 is 14.7 Å². The highest BCUT2D eigenvalue weighted by molar-refractivity contribution is 6.11. The summed E-state index contributed by atoms with van der Waals surface area (Å²) in [5.74, 6) is -1.49. The molecule has 1 aliphatic rings. The molecule has 6 heteroatoms. The number of carbonyl (C=O) groups is 2. The number of hydrogen-bond donors (Lipinski definition) is 2. The molecule has 0 fully saturated rings. The van der Waals surface area contributed by atoms with Crippen LogP contribution in [-0.2, 0) is 10.3 Å². The summed E-state index contributed by atoms with van der Waals surface area (Å²) in [6, 6.07) is 23.3. The maximum atomic E-state index is 13.5. The molecule has 1 atom stereocenters. The Balaban J connectivity index is 2.15. The van der Waals surface area contributed by atoms with Crippen LogP contribution in [0.3, 0.4) is 0 Å². The molecule has 4 rings (SSSR count). The van der Waals surface area contributed by atoms with E-state index in [1.54, 1.807) is 36.4 Å². The van der Waals surface area contributed by atoms with E-state index in [9.17, 15) is 14.7 Å². The zero-order valence-corrected chi connectivity index (χ0v) is 15.7. The Hall–Kier alpha value is -3.93. The number of benzene rings is 3. The fraction of sp³-hybridized carbons (Fsp3) is 0.0870. The monoisotopic (exact) mass is 385 g/mol. The van der Waals surface area contributed by atoms with Crippen LogP contribution < -0.4 is 5.73 Å². The first-order valence-corrected chi connectivity index (χ1v) is 9.08. The lowest BCUT2D eigenvalue weighted by Gasteiger charge is -2.29. The van der Waals surface area contributed by atoms with Gasteiger partial charge in [0.1, 0.15) is 0 Å². The molecule has 0 bridgehead atoms. The van der Waals surface area contributed by atoms with Gasteiger partial charge in [0.05, 0.1) is 5.56 Å². The Bertz CT molecular complexity index is 1130. The number of carboxylic acid groups (broad SMARTS) is 1. The van der Waals surface area contributed by atoms with Gasteiger partial charge in [0.2, 0.25) is 0 Å². The van der Waals surface area contributed by atoms with Gasteiger partial charge >= 0.3 is 5.97 Å². The summed E-state index contributed by atoms with van der Waals surface area (Å²) in [7, 11) is 1.54. The number of guanidine groups is 1. The van der Waals surface area contributed by atoms with E-state index in [2.05, 4.69) is 4.99 Å². The second-order valence-electron chi connectivity index (χ2n) is 6.81. The minimum absolute atomic E-state index is 0.00964. The number of likely N-dealkylation sites (N-methyl/N-ethyl adjacent to an activating group) is 1. The molecule has 6 nitrogen and oxygen atoms in total. The quantitative estimate of drug-likeness (QED) is 0.721. The van der Waals surface area contributed by atoms with Crippen molar-refractivity contribution in [3.63, 3.8) is 0 Å². The molecule has 3 aromatic rings. The van der Waals surface area contributed by atoms with Crippen LogP contribution in [-0.4, -0.2) is 34.9 Å². The molecular formula is C23H19N3O3. The van der Waals surface area contributed by atoms with Gasteiger partial charge in [-0.2, -0.15) is 0 Å². The van der Waals surface area contributed by atoms with Crippen LogP contribution in [0.25, 0.3) is 11.1 Å². The van der Waals surface area contributed by atoms with Gasteiger partial charge in [-0.1, -0.05) is 72.8 Å². The van der Waals surface area contributed by atoms with Crippen molar-refractivity contribution >= 4 is 17.8 Å². The van der Waals surface area contributed by atoms with Crippen LogP contribution in [0.4, 0.5) is 0 Å². The summed E-state index contributed by atoms with van der Waals surface area (Å²) in [5.41, 5.74) is 6.74. The van der Waals surface area contributed by atoms with Crippen molar-refractivity contribution in [2.24, 2.45) is 10.7 Å². The lowest BCUT2D eigenvalue weighted by atomic mass is 9.76. The van der Waals surface area contributed by atoms with E-state index in [0.717, 1.165) is 5.56 Å². The number of nitrogens with two attached hydrogens (primary N) is 1. The van der Waals surface area contributed by atoms with Crippen molar-refractivity contribution in [2.75, 3.05) is 7.05 Å². The molecule has 1 aliphatic heterocycles. The molecule has 29 heavy (non-hydrogen) atoms. The zero-order valence-electron chi connectivity index (χ0n) is 15.7. The maximum absolute atomic E-state index is 13.5. The third-order valence-electron chi connectivity index (χ3n) is 5.17. The molecule has 1 heterocycles. The van der Waals surface area contributed by atoms with Gasteiger partial charge in [-0.25, -0.2) is 9.79 Å². The molecule has 0 radical (unpaired) electrons. The van der Waals surface area contributed by atoms with Crippen molar-refractivity contribution in [1.82, 2.24) is 4.90 Å². The molecule has 0 aliphatic carbocycles. The van der Waals surface area contributed by atoms with E-state index in [-0.39, 0.29) is 11.5 Å². The first-order chi connectivity index (χ1) is 14.0. The van der Waals surface area contributed by atoms with E-state index in [1.807, 2.05) is 36.4 Å². The van der Waals surface area contributed by atoms with Gasteiger partial charge in [-0.05, 0) is 22.8 Å². The summed E-state index contributed by atoms with van der Waals surface area (Å²) in [4.78, 5) is 31.6. The SMILES string of the molecule is CN1C(=O)C(c2ccccc2)(c2c(C(=O)O)cccc2-c2ccccc2)N=C1N. The van der Waals surface area contributed by atoms with Crippen LogP contribution in [0.1, 0.15) is 21.5 Å². The van der Waals surface area contributed by atoms with Gasteiger partial charge in [0.25, 0.3) is 5.91 Å². The first kappa shape index (κ1) is 18.4.